The highest BCUT2D eigenvalue weighted by molar-refractivity contribution is 7.09. The number of nitrogens with zero attached hydrogens (tertiary/aromatic N) is 2. The Morgan fingerprint density at radius 3 is 2.95 bits per heavy atom. The molecule has 0 fully saturated rings. The fourth-order valence-electron chi connectivity index (χ4n) is 1.66. The molecule has 0 saturated carbocycles. The zero-order valence-corrected chi connectivity index (χ0v) is 12.3. The van der Waals surface area contributed by atoms with Crippen LogP contribution in [0.25, 0.3) is 0 Å². The second-order valence-electron chi connectivity index (χ2n) is 4.44. The predicted molar refractivity (Wildman–Crippen MR) is 80.0 cm³/mol. The van der Waals surface area contributed by atoms with Crippen molar-refractivity contribution >= 4 is 17.0 Å². The van der Waals surface area contributed by atoms with E-state index < -0.39 is 0 Å². The van der Waals surface area contributed by atoms with Crippen LogP contribution >= 0.6 is 11.3 Å². The molecular weight excluding hydrogens is 258 g/mol. The van der Waals surface area contributed by atoms with E-state index in [1.807, 2.05) is 44.7 Å². The lowest BCUT2D eigenvalue weighted by atomic mass is 10.3. The van der Waals surface area contributed by atoms with E-state index >= 15 is 0 Å². The van der Waals surface area contributed by atoms with Gasteiger partial charge in [-0.15, -0.1) is 11.3 Å². The normalized spacial score (nSPS) is 10.5. The van der Waals surface area contributed by atoms with Gasteiger partial charge in [0.15, 0.2) is 0 Å². The SMILES string of the molecule is CNCc1nc(COc2cccc(N(C)C)c2)cs1. The molecule has 19 heavy (non-hydrogen) atoms. The Kier molecular flexibility index (Phi) is 4.76. The third kappa shape index (κ3) is 3.94. The van der Waals surface area contributed by atoms with Gasteiger partial charge in [0.2, 0.25) is 0 Å². The van der Waals surface area contributed by atoms with Crippen LogP contribution < -0.4 is 15.0 Å². The maximum atomic E-state index is 5.77. The van der Waals surface area contributed by atoms with Crippen molar-refractivity contribution in [1.29, 1.82) is 0 Å². The molecule has 102 valence electrons. The first-order valence-corrected chi connectivity index (χ1v) is 7.05. The maximum Gasteiger partial charge on any atom is 0.131 e. The molecule has 0 aliphatic carbocycles. The molecule has 0 unspecified atom stereocenters. The van der Waals surface area contributed by atoms with Crippen LogP contribution in [-0.2, 0) is 13.2 Å². The van der Waals surface area contributed by atoms with Gasteiger partial charge in [-0.3, -0.25) is 0 Å². The van der Waals surface area contributed by atoms with Crippen molar-refractivity contribution in [3.63, 3.8) is 0 Å². The Morgan fingerprint density at radius 1 is 1.37 bits per heavy atom. The van der Waals surface area contributed by atoms with E-state index in [1.165, 1.54) is 0 Å². The van der Waals surface area contributed by atoms with Gasteiger partial charge in [-0.05, 0) is 19.2 Å². The van der Waals surface area contributed by atoms with Crippen molar-refractivity contribution in [3.8, 4) is 5.75 Å². The Morgan fingerprint density at radius 2 is 2.21 bits per heavy atom. The fraction of sp³-hybridized carbons (Fsp3) is 0.357. The molecule has 1 heterocycles. The van der Waals surface area contributed by atoms with Crippen LogP contribution in [0.4, 0.5) is 5.69 Å². The van der Waals surface area contributed by atoms with Gasteiger partial charge in [-0.1, -0.05) is 6.07 Å². The first kappa shape index (κ1) is 13.8. The summed E-state index contributed by atoms with van der Waals surface area (Å²) in [7, 11) is 5.96. The summed E-state index contributed by atoms with van der Waals surface area (Å²) >= 11 is 1.66. The summed E-state index contributed by atoms with van der Waals surface area (Å²) in [5.74, 6) is 0.870. The van der Waals surface area contributed by atoms with Crippen molar-refractivity contribution in [2.75, 3.05) is 26.0 Å². The summed E-state index contributed by atoms with van der Waals surface area (Å²) in [5.41, 5.74) is 2.11. The highest BCUT2D eigenvalue weighted by atomic mass is 32.1. The van der Waals surface area contributed by atoms with Crippen molar-refractivity contribution in [3.05, 3.63) is 40.3 Å². The van der Waals surface area contributed by atoms with Crippen molar-refractivity contribution in [2.45, 2.75) is 13.2 Å². The summed E-state index contributed by atoms with van der Waals surface area (Å²) in [4.78, 5) is 6.55. The molecule has 0 spiro atoms. The second kappa shape index (κ2) is 6.54. The first-order valence-electron chi connectivity index (χ1n) is 6.17. The van der Waals surface area contributed by atoms with Crippen molar-refractivity contribution in [2.24, 2.45) is 0 Å². The molecular formula is C14H19N3OS. The van der Waals surface area contributed by atoms with Gasteiger partial charge in [0.05, 0.1) is 5.69 Å². The molecule has 2 rings (SSSR count). The monoisotopic (exact) mass is 277 g/mol. The van der Waals surface area contributed by atoms with Gasteiger partial charge >= 0.3 is 0 Å². The minimum absolute atomic E-state index is 0.511. The van der Waals surface area contributed by atoms with Crippen LogP contribution in [0.1, 0.15) is 10.7 Å². The summed E-state index contributed by atoms with van der Waals surface area (Å²) in [5, 5.41) is 6.22. The highest BCUT2D eigenvalue weighted by Gasteiger charge is 2.03. The smallest absolute Gasteiger partial charge is 0.131 e. The molecule has 0 amide bonds. The van der Waals surface area contributed by atoms with Gasteiger partial charge in [0.25, 0.3) is 0 Å². The van der Waals surface area contributed by atoms with Crippen LogP contribution in [0.5, 0.6) is 5.75 Å². The van der Waals surface area contributed by atoms with E-state index in [9.17, 15) is 0 Å². The van der Waals surface area contributed by atoms with Crippen molar-refractivity contribution < 1.29 is 4.74 Å². The zero-order valence-electron chi connectivity index (χ0n) is 11.5. The lowest BCUT2D eigenvalue weighted by molar-refractivity contribution is 0.302. The van der Waals surface area contributed by atoms with Crippen LogP contribution in [0.3, 0.4) is 0 Å². The van der Waals surface area contributed by atoms with E-state index in [2.05, 4.69) is 21.3 Å². The van der Waals surface area contributed by atoms with Gasteiger partial charge in [-0.2, -0.15) is 0 Å². The molecule has 1 aromatic heterocycles. The number of hydrogen-bond donors (Lipinski definition) is 1. The van der Waals surface area contributed by atoms with Crippen LogP contribution in [0.2, 0.25) is 0 Å². The van der Waals surface area contributed by atoms with E-state index in [-0.39, 0.29) is 0 Å². The number of aromatic nitrogens is 1. The van der Waals surface area contributed by atoms with Gasteiger partial charge in [-0.25, -0.2) is 4.98 Å². The Hall–Kier alpha value is -1.59. The van der Waals surface area contributed by atoms with Gasteiger partial charge in [0.1, 0.15) is 17.4 Å². The van der Waals surface area contributed by atoms with E-state index in [0.717, 1.165) is 28.7 Å². The van der Waals surface area contributed by atoms with Gasteiger partial charge < -0.3 is 15.0 Å². The number of anilines is 1. The number of nitrogens with one attached hydrogen (secondary N) is 1. The molecule has 4 nitrogen and oxygen atoms in total. The highest BCUT2D eigenvalue weighted by Crippen LogP contribution is 2.20. The van der Waals surface area contributed by atoms with Gasteiger partial charge in [0, 0.05) is 37.8 Å². The largest absolute Gasteiger partial charge is 0.487 e. The van der Waals surface area contributed by atoms with Crippen molar-refractivity contribution in [1.82, 2.24) is 10.3 Å². The van der Waals surface area contributed by atoms with E-state index in [0.29, 0.717) is 6.61 Å². The molecule has 1 aromatic carbocycles. The molecule has 0 aliphatic rings. The molecule has 0 atom stereocenters. The quantitative estimate of drug-likeness (QED) is 0.880. The summed E-state index contributed by atoms with van der Waals surface area (Å²) in [6.07, 6.45) is 0. The third-order valence-corrected chi connectivity index (χ3v) is 3.55. The Balaban J connectivity index is 1.95. The number of benzene rings is 1. The summed E-state index contributed by atoms with van der Waals surface area (Å²) in [6, 6.07) is 8.05. The maximum absolute atomic E-state index is 5.77. The van der Waals surface area contributed by atoms with E-state index in [1.54, 1.807) is 11.3 Å². The zero-order chi connectivity index (χ0) is 13.7. The van der Waals surface area contributed by atoms with Crippen LogP contribution in [-0.4, -0.2) is 26.1 Å². The van der Waals surface area contributed by atoms with Crippen LogP contribution in [0.15, 0.2) is 29.6 Å². The topological polar surface area (TPSA) is 37.4 Å². The molecule has 2 aromatic rings. The van der Waals surface area contributed by atoms with E-state index in [4.69, 9.17) is 4.74 Å². The third-order valence-electron chi connectivity index (χ3n) is 2.65. The molecule has 0 aliphatic heterocycles. The van der Waals surface area contributed by atoms with Crippen LogP contribution in [0, 0.1) is 0 Å². The second-order valence-corrected chi connectivity index (χ2v) is 5.39. The fourth-order valence-corrected chi connectivity index (χ4v) is 2.45. The standard InChI is InChI=1S/C14H19N3OS/c1-15-8-14-16-11(10-19-14)9-18-13-6-4-5-12(7-13)17(2)3/h4-7,10,15H,8-9H2,1-3H3. The molecule has 0 radical (unpaired) electrons. The number of rotatable bonds is 6. The first-order chi connectivity index (χ1) is 9.19. The minimum Gasteiger partial charge on any atom is -0.487 e. The summed E-state index contributed by atoms with van der Waals surface area (Å²) in [6.45, 7) is 1.32. The molecule has 0 saturated heterocycles. The molecule has 1 N–H and O–H groups in total. The number of thiazole rings is 1. The average molecular weight is 277 g/mol. The minimum atomic E-state index is 0.511. The summed E-state index contributed by atoms with van der Waals surface area (Å²) < 4.78 is 5.77. The lowest BCUT2D eigenvalue weighted by Crippen LogP contribution is -2.08. The molecule has 5 heteroatoms. The Labute approximate surface area is 118 Å². The Bertz CT molecular complexity index is 525. The lowest BCUT2D eigenvalue weighted by Gasteiger charge is -2.13. The average Bonchev–Trinajstić information content (AvgIpc) is 2.85. The number of hydrogen-bond acceptors (Lipinski definition) is 5. The number of ether oxygens (including phenoxy) is 1. The molecule has 0 bridgehead atoms. The predicted octanol–water partition coefficient (Wildman–Crippen LogP) is 2.51.